The van der Waals surface area contributed by atoms with Gasteiger partial charge in [0.05, 0.1) is 0 Å². The predicted octanol–water partition coefficient (Wildman–Crippen LogP) is 0.423. The molecular formula is C11H23N3O2S. The number of likely N-dealkylation sites (N-methyl/N-ethyl adjacent to an activating group) is 1. The van der Waals surface area contributed by atoms with Gasteiger partial charge < -0.3 is 5.32 Å². The van der Waals surface area contributed by atoms with Crippen molar-refractivity contribution >= 4 is 10.2 Å². The summed E-state index contributed by atoms with van der Waals surface area (Å²) in [5.41, 5.74) is 0. The molecule has 1 aliphatic rings. The van der Waals surface area contributed by atoms with Gasteiger partial charge in [-0.3, -0.25) is 0 Å². The zero-order valence-electron chi connectivity index (χ0n) is 10.7. The first-order valence-corrected chi connectivity index (χ1v) is 7.40. The highest BCUT2D eigenvalue weighted by Gasteiger charge is 2.23. The van der Waals surface area contributed by atoms with Crippen molar-refractivity contribution in [3.05, 3.63) is 12.7 Å². The summed E-state index contributed by atoms with van der Waals surface area (Å²) in [6.07, 6.45) is 4.95. The van der Waals surface area contributed by atoms with E-state index in [9.17, 15) is 8.42 Å². The normalized spacial score (nSPS) is 16.7. The van der Waals surface area contributed by atoms with Crippen molar-refractivity contribution in [2.45, 2.75) is 25.3 Å². The largest absolute Gasteiger partial charge is 0.314 e. The molecule has 0 spiro atoms. The zero-order valence-corrected chi connectivity index (χ0v) is 11.5. The first-order valence-electron chi connectivity index (χ1n) is 6.00. The third kappa shape index (κ3) is 4.75. The molecule has 0 saturated heterocycles. The van der Waals surface area contributed by atoms with Gasteiger partial charge in [0.15, 0.2) is 0 Å². The standard InChI is InChI=1S/C11H23N3O2S/c1-4-9-13(2)17(15,16)14(3)10-5-8-12-11-6-7-11/h4,11-12H,1,5-10H2,2-3H3. The molecule has 0 aromatic carbocycles. The third-order valence-electron chi connectivity index (χ3n) is 2.83. The Morgan fingerprint density at radius 1 is 1.35 bits per heavy atom. The Morgan fingerprint density at radius 2 is 2.00 bits per heavy atom. The number of nitrogens with zero attached hydrogens (tertiary/aromatic N) is 2. The minimum atomic E-state index is -3.32. The van der Waals surface area contributed by atoms with Crippen molar-refractivity contribution in [3.63, 3.8) is 0 Å². The molecular weight excluding hydrogens is 238 g/mol. The van der Waals surface area contributed by atoms with E-state index in [-0.39, 0.29) is 0 Å². The lowest BCUT2D eigenvalue weighted by Crippen LogP contribution is -2.40. The molecule has 0 heterocycles. The summed E-state index contributed by atoms with van der Waals surface area (Å²) < 4.78 is 26.6. The van der Waals surface area contributed by atoms with E-state index in [1.54, 1.807) is 20.2 Å². The Hall–Kier alpha value is -0.430. The Bertz CT molecular complexity index is 339. The van der Waals surface area contributed by atoms with Gasteiger partial charge in [0.2, 0.25) is 0 Å². The van der Waals surface area contributed by atoms with Crippen molar-refractivity contribution < 1.29 is 8.42 Å². The second-order valence-electron chi connectivity index (χ2n) is 4.48. The molecule has 5 nitrogen and oxygen atoms in total. The van der Waals surface area contributed by atoms with Crippen LogP contribution in [0.4, 0.5) is 0 Å². The van der Waals surface area contributed by atoms with Crippen LogP contribution in [-0.4, -0.2) is 56.8 Å². The van der Waals surface area contributed by atoms with E-state index in [0.717, 1.165) is 13.0 Å². The van der Waals surface area contributed by atoms with Gasteiger partial charge in [-0.1, -0.05) is 6.08 Å². The van der Waals surface area contributed by atoms with Crippen LogP contribution < -0.4 is 5.32 Å². The molecule has 1 rings (SSSR count). The van der Waals surface area contributed by atoms with Gasteiger partial charge in [-0.2, -0.15) is 17.0 Å². The van der Waals surface area contributed by atoms with Crippen LogP contribution in [-0.2, 0) is 10.2 Å². The summed E-state index contributed by atoms with van der Waals surface area (Å²) in [6.45, 7) is 5.31. The average molecular weight is 261 g/mol. The number of hydrogen-bond acceptors (Lipinski definition) is 3. The molecule has 0 amide bonds. The summed E-state index contributed by atoms with van der Waals surface area (Å²) in [6, 6.07) is 0.681. The van der Waals surface area contributed by atoms with Gasteiger partial charge >= 0.3 is 0 Å². The van der Waals surface area contributed by atoms with Gasteiger partial charge in [0, 0.05) is 33.2 Å². The molecule has 1 N–H and O–H groups in total. The Balaban J connectivity index is 2.27. The van der Waals surface area contributed by atoms with E-state index >= 15 is 0 Å². The maximum atomic E-state index is 11.9. The Labute approximate surface area is 105 Å². The highest BCUT2D eigenvalue weighted by Crippen LogP contribution is 2.18. The first-order chi connectivity index (χ1) is 7.98. The second kappa shape index (κ2) is 6.49. The fourth-order valence-corrected chi connectivity index (χ4v) is 2.65. The second-order valence-corrected chi connectivity index (χ2v) is 6.62. The van der Waals surface area contributed by atoms with E-state index in [4.69, 9.17) is 0 Å². The van der Waals surface area contributed by atoms with Crippen molar-refractivity contribution in [1.29, 1.82) is 0 Å². The monoisotopic (exact) mass is 261 g/mol. The Morgan fingerprint density at radius 3 is 2.53 bits per heavy atom. The highest BCUT2D eigenvalue weighted by atomic mass is 32.2. The lowest BCUT2D eigenvalue weighted by atomic mass is 10.4. The van der Waals surface area contributed by atoms with Crippen LogP contribution in [0.25, 0.3) is 0 Å². The molecule has 0 aliphatic heterocycles. The summed E-state index contributed by atoms with van der Waals surface area (Å²) in [5.74, 6) is 0. The third-order valence-corrected chi connectivity index (χ3v) is 4.74. The van der Waals surface area contributed by atoms with Crippen LogP contribution >= 0.6 is 0 Å². The minimum absolute atomic E-state index is 0.340. The molecule has 1 aliphatic carbocycles. The fraction of sp³-hybridized carbons (Fsp3) is 0.818. The summed E-state index contributed by atoms with van der Waals surface area (Å²) in [7, 11) is -0.136. The van der Waals surface area contributed by atoms with Gasteiger partial charge in [0.25, 0.3) is 10.2 Å². The van der Waals surface area contributed by atoms with Gasteiger partial charge in [-0.15, -0.1) is 6.58 Å². The van der Waals surface area contributed by atoms with Crippen molar-refractivity contribution in [3.8, 4) is 0 Å². The molecule has 0 aromatic rings. The lowest BCUT2D eigenvalue weighted by Gasteiger charge is -2.23. The average Bonchev–Trinajstić information content (AvgIpc) is 3.08. The van der Waals surface area contributed by atoms with Gasteiger partial charge in [-0.05, 0) is 25.8 Å². The SMILES string of the molecule is C=CCN(C)S(=O)(=O)N(C)CCCNC1CC1. The van der Waals surface area contributed by atoms with Crippen molar-refractivity contribution in [1.82, 2.24) is 13.9 Å². The molecule has 1 fully saturated rings. The fourth-order valence-electron chi connectivity index (χ4n) is 1.52. The maximum Gasteiger partial charge on any atom is 0.281 e. The predicted molar refractivity (Wildman–Crippen MR) is 70.0 cm³/mol. The van der Waals surface area contributed by atoms with E-state index < -0.39 is 10.2 Å². The quantitative estimate of drug-likeness (QED) is 0.483. The van der Waals surface area contributed by atoms with Crippen LogP contribution in [0.3, 0.4) is 0 Å². The molecule has 0 radical (unpaired) electrons. The number of nitrogens with one attached hydrogen (secondary N) is 1. The molecule has 100 valence electrons. The minimum Gasteiger partial charge on any atom is -0.314 e. The Kier molecular flexibility index (Phi) is 5.58. The molecule has 0 unspecified atom stereocenters. The number of rotatable bonds is 9. The van der Waals surface area contributed by atoms with Gasteiger partial charge in [0.1, 0.15) is 0 Å². The first kappa shape index (κ1) is 14.6. The van der Waals surface area contributed by atoms with Crippen LogP contribution in [0.2, 0.25) is 0 Å². The van der Waals surface area contributed by atoms with E-state index in [1.165, 1.54) is 21.5 Å². The lowest BCUT2D eigenvalue weighted by molar-refractivity contribution is 0.399. The zero-order chi connectivity index (χ0) is 12.9. The van der Waals surface area contributed by atoms with Crippen LogP contribution in [0.15, 0.2) is 12.7 Å². The molecule has 0 atom stereocenters. The number of hydrogen-bond donors (Lipinski definition) is 1. The van der Waals surface area contributed by atoms with E-state index in [1.807, 2.05) is 0 Å². The summed E-state index contributed by atoms with van der Waals surface area (Å²) in [5, 5.41) is 3.37. The summed E-state index contributed by atoms with van der Waals surface area (Å²) >= 11 is 0. The van der Waals surface area contributed by atoms with Crippen LogP contribution in [0, 0.1) is 0 Å². The molecule has 17 heavy (non-hydrogen) atoms. The summed E-state index contributed by atoms with van der Waals surface area (Å²) in [4.78, 5) is 0. The highest BCUT2D eigenvalue weighted by molar-refractivity contribution is 7.86. The van der Waals surface area contributed by atoms with Crippen molar-refractivity contribution in [2.75, 3.05) is 33.7 Å². The molecule has 0 aromatic heterocycles. The van der Waals surface area contributed by atoms with Gasteiger partial charge in [-0.25, -0.2) is 0 Å². The van der Waals surface area contributed by atoms with E-state index in [2.05, 4.69) is 11.9 Å². The smallest absolute Gasteiger partial charge is 0.281 e. The van der Waals surface area contributed by atoms with Crippen LogP contribution in [0.5, 0.6) is 0 Å². The topological polar surface area (TPSA) is 52.7 Å². The van der Waals surface area contributed by atoms with E-state index in [0.29, 0.717) is 19.1 Å². The molecule has 1 saturated carbocycles. The molecule has 6 heteroatoms. The maximum absolute atomic E-state index is 11.9. The van der Waals surface area contributed by atoms with Crippen LogP contribution in [0.1, 0.15) is 19.3 Å². The molecule has 0 bridgehead atoms. The van der Waals surface area contributed by atoms with Crippen molar-refractivity contribution in [2.24, 2.45) is 0 Å².